The Morgan fingerprint density at radius 3 is 2.82 bits per heavy atom. The predicted molar refractivity (Wildman–Crippen MR) is 39.0 cm³/mol. The second kappa shape index (κ2) is 2.20. The van der Waals surface area contributed by atoms with Crippen LogP contribution in [-0.2, 0) is 0 Å². The fraction of sp³-hybridized carbons (Fsp3) is 0. The highest BCUT2D eigenvalue weighted by molar-refractivity contribution is 5.84. The minimum absolute atomic E-state index is 0.261. The molecule has 0 saturated carbocycles. The first kappa shape index (κ1) is 6.09. The van der Waals surface area contributed by atoms with Crippen LogP contribution in [0.15, 0.2) is 30.5 Å². The summed E-state index contributed by atoms with van der Waals surface area (Å²) in [6, 6.07) is 7.26. The molecule has 3 nitrogen and oxygen atoms in total. The summed E-state index contributed by atoms with van der Waals surface area (Å²) in [5, 5.41) is 19.4. The van der Waals surface area contributed by atoms with Gasteiger partial charge in [-0.3, -0.25) is 0 Å². The number of benzene rings is 1. The van der Waals surface area contributed by atoms with Crippen molar-refractivity contribution in [3.63, 3.8) is 0 Å². The fourth-order valence-electron chi connectivity index (χ4n) is 1.00. The smallest absolute Gasteiger partial charge is 0.0574 e. The van der Waals surface area contributed by atoms with Gasteiger partial charge in [-0.1, -0.05) is 24.3 Å². The van der Waals surface area contributed by atoms with Crippen LogP contribution < -0.4 is 5.11 Å². The molecular formula is C8H5N2O-. The van der Waals surface area contributed by atoms with E-state index in [1.165, 1.54) is 0 Å². The average Bonchev–Trinajstić information content (AvgIpc) is 2.06. The number of rotatable bonds is 0. The summed E-state index contributed by atoms with van der Waals surface area (Å²) in [5.41, 5.74) is 0. The second-order valence-corrected chi connectivity index (χ2v) is 2.24. The zero-order valence-electron chi connectivity index (χ0n) is 5.69. The summed E-state index contributed by atoms with van der Waals surface area (Å²) in [6.45, 7) is 0. The number of hydrogen-bond acceptors (Lipinski definition) is 3. The Morgan fingerprint density at radius 2 is 2.00 bits per heavy atom. The molecule has 0 aliphatic rings. The van der Waals surface area contributed by atoms with Crippen LogP contribution in [0.3, 0.4) is 0 Å². The maximum absolute atomic E-state index is 11.0. The minimum Gasteiger partial charge on any atom is -0.857 e. The molecule has 54 valence electrons. The van der Waals surface area contributed by atoms with Gasteiger partial charge in [-0.25, -0.2) is 0 Å². The average molecular weight is 145 g/mol. The first-order valence-electron chi connectivity index (χ1n) is 3.25. The summed E-state index contributed by atoms with van der Waals surface area (Å²) < 4.78 is 0. The lowest BCUT2D eigenvalue weighted by Crippen LogP contribution is -1.96. The third kappa shape index (κ3) is 0.902. The van der Waals surface area contributed by atoms with Gasteiger partial charge < -0.3 is 5.11 Å². The molecule has 0 saturated heterocycles. The van der Waals surface area contributed by atoms with Crippen LogP contribution in [0.25, 0.3) is 10.8 Å². The van der Waals surface area contributed by atoms with Crippen molar-refractivity contribution in [2.45, 2.75) is 0 Å². The maximum Gasteiger partial charge on any atom is 0.0574 e. The van der Waals surface area contributed by atoms with E-state index in [0.717, 1.165) is 5.39 Å². The monoisotopic (exact) mass is 145 g/mol. The molecule has 11 heavy (non-hydrogen) atoms. The van der Waals surface area contributed by atoms with Crippen LogP contribution in [0, 0.1) is 0 Å². The van der Waals surface area contributed by atoms with Gasteiger partial charge in [0.15, 0.2) is 0 Å². The van der Waals surface area contributed by atoms with Gasteiger partial charge in [0.05, 0.1) is 6.20 Å². The molecule has 0 radical (unpaired) electrons. The van der Waals surface area contributed by atoms with Gasteiger partial charge in [-0.05, 0) is 5.39 Å². The highest BCUT2D eigenvalue weighted by Crippen LogP contribution is 2.16. The standard InChI is InChI=1S/C8H6N2O/c11-8-7-4-2-1-3-6(7)5-9-10-8/h1-5H,(H,10,11)/p-1. The third-order valence-electron chi connectivity index (χ3n) is 1.54. The maximum atomic E-state index is 11.0. The Bertz CT molecular complexity index is 381. The van der Waals surface area contributed by atoms with Crippen molar-refractivity contribution in [2.75, 3.05) is 0 Å². The Balaban J connectivity index is 2.91. The molecule has 0 aliphatic heterocycles. The van der Waals surface area contributed by atoms with E-state index in [1.807, 2.05) is 18.2 Å². The topological polar surface area (TPSA) is 48.8 Å². The molecule has 0 spiro atoms. The van der Waals surface area contributed by atoms with Gasteiger partial charge >= 0.3 is 0 Å². The van der Waals surface area contributed by atoms with Gasteiger partial charge in [0.25, 0.3) is 0 Å². The van der Waals surface area contributed by atoms with Crippen LogP contribution in [0.2, 0.25) is 0 Å². The Hall–Kier alpha value is -1.64. The van der Waals surface area contributed by atoms with E-state index in [2.05, 4.69) is 10.2 Å². The number of fused-ring (bicyclic) bond motifs is 1. The van der Waals surface area contributed by atoms with Crippen molar-refractivity contribution in [2.24, 2.45) is 0 Å². The van der Waals surface area contributed by atoms with Gasteiger partial charge in [-0.2, -0.15) is 10.2 Å². The van der Waals surface area contributed by atoms with E-state index in [9.17, 15) is 5.11 Å². The van der Waals surface area contributed by atoms with Crippen molar-refractivity contribution < 1.29 is 5.11 Å². The molecule has 2 aromatic rings. The molecule has 3 heteroatoms. The van der Waals surface area contributed by atoms with Crippen molar-refractivity contribution in [3.05, 3.63) is 30.5 Å². The first-order valence-corrected chi connectivity index (χ1v) is 3.25. The molecule has 2 rings (SSSR count). The molecule has 0 N–H and O–H groups in total. The Labute approximate surface area is 63.3 Å². The zero-order valence-corrected chi connectivity index (χ0v) is 5.69. The molecule has 0 amide bonds. The summed E-state index contributed by atoms with van der Waals surface area (Å²) in [7, 11) is 0. The van der Waals surface area contributed by atoms with Gasteiger partial charge in [0.2, 0.25) is 0 Å². The third-order valence-corrected chi connectivity index (χ3v) is 1.54. The summed E-state index contributed by atoms with van der Waals surface area (Å²) in [5.74, 6) is -0.261. The van der Waals surface area contributed by atoms with Gasteiger partial charge in [0.1, 0.15) is 0 Å². The van der Waals surface area contributed by atoms with Crippen molar-refractivity contribution >= 4 is 10.8 Å². The van der Waals surface area contributed by atoms with Gasteiger partial charge in [0, 0.05) is 11.3 Å². The fourth-order valence-corrected chi connectivity index (χ4v) is 1.00. The summed E-state index contributed by atoms with van der Waals surface area (Å²) >= 11 is 0. The highest BCUT2D eigenvalue weighted by Gasteiger charge is 1.90. The normalized spacial score (nSPS) is 10.2. The number of nitrogens with zero attached hydrogens (tertiary/aromatic N) is 2. The molecule has 0 atom stereocenters. The quantitative estimate of drug-likeness (QED) is 0.548. The summed E-state index contributed by atoms with van der Waals surface area (Å²) in [4.78, 5) is 0. The van der Waals surface area contributed by atoms with Crippen LogP contribution in [0.1, 0.15) is 0 Å². The van der Waals surface area contributed by atoms with Crippen molar-refractivity contribution in [1.82, 2.24) is 10.2 Å². The summed E-state index contributed by atoms with van der Waals surface area (Å²) in [6.07, 6.45) is 1.58. The molecule has 1 aromatic carbocycles. The van der Waals surface area contributed by atoms with E-state index < -0.39 is 0 Å². The van der Waals surface area contributed by atoms with Crippen LogP contribution in [0.5, 0.6) is 5.88 Å². The second-order valence-electron chi connectivity index (χ2n) is 2.24. The molecule has 0 fully saturated rings. The minimum atomic E-state index is -0.261. The zero-order chi connectivity index (χ0) is 7.68. The van der Waals surface area contributed by atoms with Crippen molar-refractivity contribution in [1.29, 1.82) is 0 Å². The SMILES string of the molecule is [O-]c1nncc2ccccc12. The van der Waals surface area contributed by atoms with Crippen molar-refractivity contribution in [3.8, 4) is 5.88 Å². The van der Waals surface area contributed by atoms with E-state index in [1.54, 1.807) is 12.3 Å². The molecule has 1 heterocycles. The molecule has 0 unspecified atom stereocenters. The Morgan fingerprint density at radius 1 is 1.18 bits per heavy atom. The van der Waals surface area contributed by atoms with E-state index >= 15 is 0 Å². The largest absolute Gasteiger partial charge is 0.857 e. The predicted octanol–water partition coefficient (Wildman–Crippen LogP) is 0.703. The van der Waals surface area contributed by atoms with Crippen LogP contribution in [0.4, 0.5) is 0 Å². The first-order chi connectivity index (χ1) is 5.38. The molecule has 0 bridgehead atoms. The lowest BCUT2D eigenvalue weighted by atomic mass is 10.2. The molecule has 1 aromatic heterocycles. The number of hydrogen-bond donors (Lipinski definition) is 0. The molecular weight excluding hydrogens is 140 g/mol. The molecule has 0 aliphatic carbocycles. The lowest BCUT2D eigenvalue weighted by molar-refractivity contribution is -0.273. The Kier molecular flexibility index (Phi) is 1.22. The lowest BCUT2D eigenvalue weighted by Gasteiger charge is -2.05. The number of aromatic nitrogens is 2. The van der Waals surface area contributed by atoms with E-state index in [-0.39, 0.29) is 5.88 Å². The van der Waals surface area contributed by atoms with E-state index in [4.69, 9.17) is 0 Å². The van der Waals surface area contributed by atoms with Crippen LogP contribution in [-0.4, -0.2) is 10.2 Å². The van der Waals surface area contributed by atoms with E-state index in [0.29, 0.717) is 5.39 Å². The van der Waals surface area contributed by atoms with Crippen LogP contribution >= 0.6 is 0 Å². The highest BCUT2D eigenvalue weighted by atomic mass is 16.3. The van der Waals surface area contributed by atoms with Gasteiger partial charge in [-0.15, -0.1) is 0 Å².